The molecule has 4 aromatic rings. The predicted molar refractivity (Wildman–Crippen MR) is 246 cm³/mol. The molecule has 22 heteroatoms. The molecule has 2 saturated heterocycles. The number of halogens is 3. The Morgan fingerprint density at radius 3 is 2.36 bits per heavy atom. The minimum Gasteiger partial charge on any atom is -0.383 e. The summed E-state index contributed by atoms with van der Waals surface area (Å²) in [6.07, 6.45) is 0.0279. The molecule has 4 heterocycles. The molecule has 0 aliphatic carbocycles. The molecule has 67 heavy (non-hydrogen) atoms. The van der Waals surface area contributed by atoms with Crippen LogP contribution in [0.1, 0.15) is 70.4 Å². The number of carbonyl (C=O) groups excluding carboxylic acids is 5. The highest BCUT2D eigenvalue weighted by Crippen LogP contribution is 2.36. The molecule has 3 aliphatic heterocycles. The van der Waals surface area contributed by atoms with Gasteiger partial charge in [-0.1, -0.05) is 30.7 Å². The van der Waals surface area contributed by atoms with Crippen molar-refractivity contribution in [2.45, 2.75) is 57.3 Å². The number of sulfonamides is 1. The Bertz CT molecular complexity index is 2610. The van der Waals surface area contributed by atoms with Crippen molar-refractivity contribution in [3.8, 4) is 0 Å². The SMILES string of the molecule is CN(c1ccccc1CNc1nc(Nc2ccc(N3CCN(CCCCCC(=O)NCCNc4cccc5c4C(=O)N(C4CCC(=O)NC4=O)C5=O)CC3)cc2)ncc1C(F)(F)F)S(C)(=O)=O. The van der Waals surface area contributed by atoms with E-state index in [0.717, 1.165) is 73.1 Å². The predicted octanol–water partition coefficient (Wildman–Crippen LogP) is 4.56. The van der Waals surface area contributed by atoms with Crippen molar-refractivity contribution >= 4 is 74.1 Å². The third kappa shape index (κ3) is 11.8. The molecule has 1 unspecified atom stereocenters. The third-order valence-corrected chi connectivity index (χ3v) is 13.0. The summed E-state index contributed by atoms with van der Waals surface area (Å²) in [6, 6.07) is 17.7. The lowest BCUT2D eigenvalue weighted by Crippen LogP contribution is -2.54. The third-order valence-electron chi connectivity index (χ3n) is 11.8. The normalized spacial score (nSPS) is 16.7. The van der Waals surface area contributed by atoms with Gasteiger partial charge in [-0.25, -0.2) is 13.4 Å². The number of hydrogen-bond donors (Lipinski definition) is 5. The van der Waals surface area contributed by atoms with E-state index >= 15 is 0 Å². The van der Waals surface area contributed by atoms with Gasteiger partial charge in [0.25, 0.3) is 11.8 Å². The maximum atomic E-state index is 14.0. The average molecular weight is 948 g/mol. The Hall–Kier alpha value is -6.81. The molecular formula is C45H52F3N11O7S. The van der Waals surface area contributed by atoms with Gasteiger partial charge >= 0.3 is 6.18 Å². The van der Waals surface area contributed by atoms with Crippen LogP contribution in [-0.2, 0) is 37.1 Å². The fourth-order valence-electron chi connectivity index (χ4n) is 8.17. The van der Waals surface area contributed by atoms with Gasteiger partial charge in [0.15, 0.2) is 0 Å². The van der Waals surface area contributed by atoms with Gasteiger partial charge in [-0.3, -0.25) is 43.4 Å². The van der Waals surface area contributed by atoms with Gasteiger partial charge in [0.1, 0.15) is 17.4 Å². The summed E-state index contributed by atoms with van der Waals surface area (Å²) in [5.74, 6) is -2.91. The van der Waals surface area contributed by atoms with Gasteiger partial charge in [-0.2, -0.15) is 18.2 Å². The number of imide groups is 2. The molecular weight excluding hydrogens is 896 g/mol. The van der Waals surface area contributed by atoms with Gasteiger partial charge in [0.05, 0.1) is 23.1 Å². The Balaban J connectivity index is 0.798. The number of para-hydroxylation sites is 1. The quantitative estimate of drug-likeness (QED) is 0.0644. The highest BCUT2D eigenvalue weighted by atomic mass is 32.2. The zero-order chi connectivity index (χ0) is 47.9. The van der Waals surface area contributed by atoms with Gasteiger partial charge < -0.3 is 26.2 Å². The van der Waals surface area contributed by atoms with Gasteiger partial charge in [-0.05, 0) is 73.8 Å². The van der Waals surface area contributed by atoms with Crippen LogP contribution in [0.25, 0.3) is 0 Å². The number of amides is 5. The number of carbonyl (C=O) groups is 5. The molecule has 356 valence electrons. The van der Waals surface area contributed by atoms with E-state index in [9.17, 15) is 45.6 Å². The minimum atomic E-state index is -4.74. The number of piperazine rings is 1. The number of nitrogens with zero attached hydrogens (tertiary/aromatic N) is 6. The number of piperidine rings is 1. The van der Waals surface area contributed by atoms with Gasteiger partial charge in [-0.15, -0.1) is 0 Å². The van der Waals surface area contributed by atoms with E-state index in [0.29, 0.717) is 48.3 Å². The van der Waals surface area contributed by atoms with Crippen LogP contribution in [0.15, 0.2) is 72.9 Å². The lowest BCUT2D eigenvalue weighted by Gasteiger charge is -2.36. The molecule has 5 N–H and O–H groups in total. The van der Waals surface area contributed by atoms with Crippen LogP contribution < -0.4 is 35.8 Å². The average Bonchev–Trinajstić information content (AvgIpc) is 3.55. The lowest BCUT2D eigenvalue weighted by molar-refractivity contribution is -0.138. The topological polar surface area (TPSA) is 218 Å². The molecule has 0 spiro atoms. The molecule has 5 amide bonds. The molecule has 0 bridgehead atoms. The fraction of sp³-hybridized carbons (Fsp3) is 0.400. The first-order chi connectivity index (χ1) is 32.0. The number of aromatic nitrogens is 2. The number of unbranched alkanes of at least 4 members (excludes halogenated alkanes) is 2. The van der Waals surface area contributed by atoms with Crippen LogP contribution >= 0.6 is 0 Å². The monoisotopic (exact) mass is 947 g/mol. The molecule has 1 aromatic heterocycles. The van der Waals surface area contributed by atoms with E-state index in [4.69, 9.17) is 0 Å². The number of nitrogens with one attached hydrogen (secondary N) is 5. The molecule has 0 saturated carbocycles. The molecule has 0 radical (unpaired) electrons. The van der Waals surface area contributed by atoms with Crippen LogP contribution in [0.2, 0.25) is 0 Å². The Labute approximate surface area is 385 Å². The van der Waals surface area contributed by atoms with Crippen molar-refractivity contribution in [1.82, 2.24) is 30.4 Å². The molecule has 3 aromatic carbocycles. The summed E-state index contributed by atoms with van der Waals surface area (Å²) in [5.41, 5.74) is 2.04. The van der Waals surface area contributed by atoms with E-state index < -0.39 is 57.3 Å². The van der Waals surface area contributed by atoms with Crippen LogP contribution in [-0.4, -0.2) is 123 Å². The summed E-state index contributed by atoms with van der Waals surface area (Å²) in [6.45, 7) is 4.70. The van der Waals surface area contributed by atoms with Crippen LogP contribution in [0.5, 0.6) is 0 Å². The van der Waals surface area contributed by atoms with Crippen molar-refractivity contribution in [2.75, 3.05) is 84.3 Å². The fourth-order valence-corrected chi connectivity index (χ4v) is 8.71. The lowest BCUT2D eigenvalue weighted by atomic mass is 10.0. The summed E-state index contributed by atoms with van der Waals surface area (Å²) >= 11 is 0. The summed E-state index contributed by atoms with van der Waals surface area (Å²) in [4.78, 5) is 76.5. The Morgan fingerprint density at radius 2 is 1.64 bits per heavy atom. The largest absolute Gasteiger partial charge is 0.421 e. The smallest absolute Gasteiger partial charge is 0.383 e. The van der Waals surface area contributed by atoms with Crippen LogP contribution in [0.4, 0.5) is 47.7 Å². The zero-order valence-corrected chi connectivity index (χ0v) is 37.8. The highest BCUT2D eigenvalue weighted by molar-refractivity contribution is 7.92. The maximum Gasteiger partial charge on any atom is 0.421 e. The number of rotatable bonds is 19. The Kier molecular flexibility index (Phi) is 14.9. The van der Waals surface area contributed by atoms with E-state index in [2.05, 4.69) is 46.4 Å². The molecule has 1 atom stereocenters. The summed E-state index contributed by atoms with van der Waals surface area (Å²) < 4.78 is 67.3. The van der Waals surface area contributed by atoms with E-state index in [1.165, 1.54) is 13.1 Å². The molecule has 18 nitrogen and oxygen atoms in total. The van der Waals surface area contributed by atoms with Crippen LogP contribution in [0, 0.1) is 0 Å². The van der Waals surface area contributed by atoms with Crippen molar-refractivity contribution in [1.29, 1.82) is 0 Å². The second-order valence-electron chi connectivity index (χ2n) is 16.4. The van der Waals surface area contributed by atoms with Crippen molar-refractivity contribution < 1.29 is 45.6 Å². The second-order valence-corrected chi connectivity index (χ2v) is 18.4. The number of benzene rings is 3. The standard InChI is InChI=1S/C45H52F3N11O7S/c1-56(67(2,65)66)35-12-6-5-9-29(35)27-51-40-33(45(46,47)48)28-52-44(55-40)53-30-14-16-31(17-15-30)58-25-23-57(24-26-58)22-7-3-4-13-37(60)50-21-20-49-34-11-8-10-32-39(34)43(64)59(42(32)63)36-18-19-38(61)54-41(36)62/h5-6,8-12,14-17,28,36,49H,3-4,7,13,18-27H2,1-2H3,(H,50,60)(H,54,61,62)(H2,51,52,53,55). The maximum absolute atomic E-state index is 14.0. The number of alkyl halides is 3. The number of anilines is 6. The Morgan fingerprint density at radius 1 is 0.896 bits per heavy atom. The first kappa shape index (κ1) is 48.1. The molecule has 2 fully saturated rings. The van der Waals surface area contributed by atoms with Crippen molar-refractivity contribution in [3.63, 3.8) is 0 Å². The van der Waals surface area contributed by atoms with Crippen LogP contribution in [0.3, 0.4) is 0 Å². The van der Waals surface area contributed by atoms with E-state index in [-0.39, 0.29) is 42.4 Å². The number of hydrogen-bond acceptors (Lipinski definition) is 14. The number of fused-ring (bicyclic) bond motifs is 1. The van der Waals surface area contributed by atoms with E-state index in [1.807, 2.05) is 12.1 Å². The first-order valence-electron chi connectivity index (χ1n) is 21.9. The van der Waals surface area contributed by atoms with Crippen molar-refractivity contribution in [2.24, 2.45) is 0 Å². The zero-order valence-electron chi connectivity index (χ0n) is 37.0. The summed E-state index contributed by atoms with van der Waals surface area (Å²) in [7, 11) is -2.25. The van der Waals surface area contributed by atoms with Crippen molar-refractivity contribution in [3.05, 3.63) is 95.2 Å². The highest BCUT2D eigenvalue weighted by Gasteiger charge is 2.45. The molecule has 3 aliphatic rings. The first-order valence-corrected chi connectivity index (χ1v) is 23.7. The van der Waals surface area contributed by atoms with E-state index in [1.54, 1.807) is 48.5 Å². The second kappa shape index (κ2) is 20.8. The van der Waals surface area contributed by atoms with Gasteiger partial charge in [0.2, 0.25) is 33.7 Å². The van der Waals surface area contributed by atoms with Gasteiger partial charge in [0, 0.05) is 89.0 Å². The molecule has 7 rings (SSSR count). The minimum absolute atomic E-state index is 0.0334. The summed E-state index contributed by atoms with van der Waals surface area (Å²) in [5, 5.41) is 13.9.